The summed E-state index contributed by atoms with van der Waals surface area (Å²) in [7, 11) is 0. The molecule has 0 aliphatic carbocycles. The number of carbonyl (C=O) groups excluding carboxylic acids is 1. The van der Waals surface area contributed by atoms with Crippen LogP contribution in [0.25, 0.3) is 0 Å². The molecule has 0 saturated carbocycles. The van der Waals surface area contributed by atoms with Crippen molar-refractivity contribution in [2.24, 2.45) is 0 Å². The average molecular weight is 352 g/mol. The Labute approximate surface area is 143 Å². The lowest BCUT2D eigenvalue weighted by Crippen LogP contribution is -2.49. The first-order chi connectivity index (χ1) is 11.9. The van der Waals surface area contributed by atoms with Crippen molar-refractivity contribution in [3.63, 3.8) is 0 Å². The molecular weight excluding hydrogens is 333 g/mol. The van der Waals surface area contributed by atoms with Crippen molar-refractivity contribution in [1.82, 2.24) is 19.6 Å². The maximum absolute atomic E-state index is 12.5. The van der Waals surface area contributed by atoms with Crippen LogP contribution >= 0.6 is 0 Å². The zero-order valence-electron chi connectivity index (χ0n) is 13.6. The van der Waals surface area contributed by atoms with Crippen LogP contribution in [0.5, 0.6) is 0 Å². The standard InChI is InChI=1S/C17H19F3N4O/c18-17(19,20)15-6-7-24(21-15)13-16(25)23-10-8-22(9-11-23)12-14-4-2-1-3-5-14/h1-7H,8-13H2. The summed E-state index contributed by atoms with van der Waals surface area (Å²) in [6.45, 7) is 3.28. The van der Waals surface area contributed by atoms with Crippen molar-refractivity contribution in [2.45, 2.75) is 19.3 Å². The van der Waals surface area contributed by atoms with Gasteiger partial charge in [0.05, 0.1) is 0 Å². The molecule has 1 saturated heterocycles. The number of amides is 1. The fraction of sp³-hybridized carbons (Fsp3) is 0.412. The van der Waals surface area contributed by atoms with E-state index in [0.29, 0.717) is 13.1 Å². The molecule has 134 valence electrons. The summed E-state index contributed by atoms with van der Waals surface area (Å²) in [5, 5.41) is 3.42. The highest BCUT2D eigenvalue weighted by Crippen LogP contribution is 2.27. The van der Waals surface area contributed by atoms with Gasteiger partial charge in [0.25, 0.3) is 0 Å². The maximum Gasteiger partial charge on any atom is 0.435 e. The molecule has 1 aromatic carbocycles. The van der Waals surface area contributed by atoms with E-state index in [2.05, 4.69) is 22.1 Å². The Morgan fingerprint density at radius 2 is 1.72 bits per heavy atom. The van der Waals surface area contributed by atoms with Crippen LogP contribution in [0, 0.1) is 0 Å². The van der Waals surface area contributed by atoms with Gasteiger partial charge < -0.3 is 4.90 Å². The minimum Gasteiger partial charge on any atom is -0.339 e. The lowest BCUT2D eigenvalue weighted by molar-refractivity contribution is -0.142. The zero-order chi connectivity index (χ0) is 17.9. The maximum atomic E-state index is 12.5. The van der Waals surface area contributed by atoms with Gasteiger partial charge in [-0.2, -0.15) is 18.3 Å². The second kappa shape index (κ2) is 7.26. The van der Waals surface area contributed by atoms with Crippen molar-refractivity contribution in [1.29, 1.82) is 0 Å². The van der Waals surface area contributed by atoms with Crippen LogP contribution in [-0.2, 0) is 24.1 Å². The SMILES string of the molecule is O=C(Cn1ccc(C(F)(F)F)n1)N1CCN(Cc2ccccc2)CC1. The quantitative estimate of drug-likeness (QED) is 0.848. The fourth-order valence-electron chi connectivity index (χ4n) is 2.84. The topological polar surface area (TPSA) is 41.4 Å². The van der Waals surface area contributed by atoms with E-state index in [1.165, 1.54) is 11.8 Å². The van der Waals surface area contributed by atoms with Crippen LogP contribution in [0.15, 0.2) is 42.6 Å². The van der Waals surface area contributed by atoms with Gasteiger partial charge in [-0.25, -0.2) is 0 Å². The summed E-state index contributed by atoms with van der Waals surface area (Å²) >= 11 is 0. The molecule has 2 aromatic rings. The van der Waals surface area contributed by atoms with E-state index < -0.39 is 11.9 Å². The van der Waals surface area contributed by atoms with Crippen molar-refractivity contribution < 1.29 is 18.0 Å². The number of piperazine rings is 1. The molecule has 2 heterocycles. The Morgan fingerprint density at radius 3 is 2.32 bits per heavy atom. The zero-order valence-corrected chi connectivity index (χ0v) is 13.6. The minimum absolute atomic E-state index is 0.172. The Hall–Kier alpha value is -2.35. The predicted octanol–water partition coefficient (Wildman–Crippen LogP) is 2.25. The van der Waals surface area contributed by atoms with Gasteiger partial charge in [0.2, 0.25) is 5.91 Å². The highest BCUT2D eigenvalue weighted by Gasteiger charge is 2.33. The first-order valence-electron chi connectivity index (χ1n) is 8.06. The molecule has 1 aromatic heterocycles. The summed E-state index contributed by atoms with van der Waals surface area (Å²) < 4.78 is 38.7. The molecule has 0 bridgehead atoms. The Bertz CT molecular complexity index is 706. The van der Waals surface area contributed by atoms with Crippen LogP contribution in [0.4, 0.5) is 13.2 Å². The van der Waals surface area contributed by atoms with E-state index in [0.717, 1.165) is 30.4 Å². The molecule has 1 fully saturated rings. The molecule has 0 radical (unpaired) electrons. The molecule has 0 unspecified atom stereocenters. The summed E-state index contributed by atoms with van der Waals surface area (Å²) in [5.41, 5.74) is 0.242. The highest BCUT2D eigenvalue weighted by atomic mass is 19.4. The highest BCUT2D eigenvalue weighted by molar-refractivity contribution is 5.76. The van der Waals surface area contributed by atoms with Crippen molar-refractivity contribution >= 4 is 5.91 Å². The molecular formula is C17H19F3N4O. The third kappa shape index (κ3) is 4.60. The van der Waals surface area contributed by atoms with E-state index in [1.807, 2.05) is 18.2 Å². The van der Waals surface area contributed by atoms with Crippen LogP contribution < -0.4 is 0 Å². The fourth-order valence-corrected chi connectivity index (χ4v) is 2.84. The molecule has 8 heteroatoms. The summed E-state index contributed by atoms with van der Waals surface area (Å²) in [6, 6.07) is 11.0. The molecule has 0 spiro atoms. The van der Waals surface area contributed by atoms with Crippen molar-refractivity contribution in [3.8, 4) is 0 Å². The first-order valence-corrected chi connectivity index (χ1v) is 8.06. The lowest BCUT2D eigenvalue weighted by Gasteiger charge is -2.34. The number of hydrogen-bond donors (Lipinski definition) is 0. The van der Waals surface area contributed by atoms with Crippen LogP contribution in [0.2, 0.25) is 0 Å². The number of halogens is 3. The van der Waals surface area contributed by atoms with Crippen molar-refractivity contribution in [3.05, 3.63) is 53.9 Å². The molecule has 25 heavy (non-hydrogen) atoms. The predicted molar refractivity (Wildman–Crippen MR) is 85.5 cm³/mol. The molecule has 1 amide bonds. The Kier molecular flexibility index (Phi) is 5.08. The number of alkyl halides is 3. The van der Waals surface area contributed by atoms with Gasteiger partial charge >= 0.3 is 6.18 Å². The molecule has 1 aliphatic heterocycles. The van der Waals surface area contributed by atoms with E-state index in [-0.39, 0.29) is 12.5 Å². The lowest BCUT2D eigenvalue weighted by atomic mass is 10.2. The molecule has 0 N–H and O–H groups in total. The molecule has 5 nitrogen and oxygen atoms in total. The van der Waals surface area contributed by atoms with Gasteiger partial charge in [0.1, 0.15) is 6.54 Å². The third-order valence-corrected chi connectivity index (χ3v) is 4.20. The normalized spacial score (nSPS) is 16.2. The van der Waals surface area contributed by atoms with Crippen LogP contribution in [0.3, 0.4) is 0 Å². The largest absolute Gasteiger partial charge is 0.435 e. The monoisotopic (exact) mass is 352 g/mol. The smallest absolute Gasteiger partial charge is 0.339 e. The number of nitrogens with zero attached hydrogens (tertiary/aromatic N) is 4. The number of aromatic nitrogens is 2. The van der Waals surface area contributed by atoms with Gasteiger partial charge in [-0.05, 0) is 11.6 Å². The van der Waals surface area contributed by atoms with Gasteiger partial charge in [-0.15, -0.1) is 0 Å². The van der Waals surface area contributed by atoms with E-state index in [4.69, 9.17) is 0 Å². The van der Waals surface area contributed by atoms with E-state index in [1.54, 1.807) is 4.90 Å². The Balaban J connectivity index is 1.49. The Morgan fingerprint density at radius 1 is 1.04 bits per heavy atom. The number of rotatable bonds is 4. The van der Waals surface area contributed by atoms with Gasteiger partial charge in [-0.3, -0.25) is 14.4 Å². The van der Waals surface area contributed by atoms with Crippen molar-refractivity contribution in [2.75, 3.05) is 26.2 Å². The summed E-state index contributed by atoms with van der Waals surface area (Å²) in [4.78, 5) is 16.2. The first kappa shape index (κ1) is 17.5. The van der Waals surface area contributed by atoms with Gasteiger partial charge in [-0.1, -0.05) is 30.3 Å². The number of hydrogen-bond acceptors (Lipinski definition) is 3. The summed E-state index contributed by atoms with van der Waals surface area (Å²) in [6.07, 6.45) is -3.30. The third-order valence-electron chi connectivity index (χ3n) is 4.20. The second-order valence-corrected chi connectivity index (χ2v) is 6.04. The number of carbonyl (C=O) groups is 1. The average Bonchev–Trinajstić information content (AvgIpc) is 3.05. The van der Waals surface area contributed by atoms with E-state index >= 15 is 0 Å². The van der Waals surface area contributed by atoms with E-state index in [9.17, 15) is 18.0 Å². The molecule has 3 rings (SSSR count). The summed E-state index contributed by atoms with van der Waals surface area (Å²) in [5.74, 6) is -0.212. The second-order valence-electron chi connectivity index (χ2n) is 6.04. The molecule has 0 atom stereocenters. The molecule has 1 aliphatic rings. The van der Waals surface area contributed by atoms with Crippen LogP contribution in [-0.4, -0.2) is 51.7 Å². The van der Waals surface area contributed by atoms with Gasteiger partial charge in [0.15, 0.2) is 5.69 Å². The number of benzene rings is 1. The van der Waals surface area contributed by atoms with Crippen LogP contribution in [0.1, 0.15) is 11.3 Å². The minimum atomic E-state index is -4.49. The van der Waals surface area contributed by atoms with Gasteiger partial charge in [0, 0.05) is 38.9 Å².